The van der Waals surface area contributed by atoms with Gasteiger partial charge in [0.15, 0.2) is 5.16 Å². The molecule has 0 atom stereocenters. The Kier molecular flexibility index (Phi) is 5.05. The molecule has 0 aliphatic heterocycles. The van der Waals surface area contributed by atoms with Crippen LogP contribution < -0.4 is 11.1 Å². The third kappa shape index (κ3) is 4.01. The number of carbonyl (C=O) groups excluding carboxylic acids is 2. The highest BCUT2D eigenvalue weighted by Gasteiger charge is 2.13. The molecule has 0 spiro atoms. The number of anilines is 1. The number of hydrogen-bond acceptors (Lipinski definition) is 6. The van der Waals surface area contributed by atoms with Gasteiger partial charge in [-0.1, -0.05) is 30.0 Å². The fourth-order valence-electron chi connectivity index (χ4n) is 2.10. The maximum atomic E-state index is 12.2. The minimum atomic E-state index is -0.599. The highest BCUT2D eigenvalue weighted by atomic mass is 32.2. The molecule has 0 aliphatic rings. The van der Waals surface area contributed by atoms with Crippen LogP contribution in [0.2, 0.25) is 0 Å². The van der Waals surface area contributed by atoms with Crippen molar-refractivity contribution in [1.82, 2.24) is 19.7 Å². The lowest BCUT2D eigenvalue weighted by Gasteiger charge is -2.09. The number of nitrogens with two attached hydrogens (primary N) is 1. The Morgan fingerprint density at radius 1 is 1.16 bits per heavy atom. The Morgan fingerprint density at radius 2 is 1.96 bits per heavy atom. The normalized spacial score (nSPS) is 10.4. The van der Waals surface area contributed by atoms with Crippen LogP contribution in [0.3, 0.4) is 0 Å². The number of aromatic nitrogens is 4. The van der Waals surface area contributed by atoms with Gasteiger partial charge in [0.05, 0.1) is 17.0 Å². The second kappa shape index (κ2) is 7.58. The molecule has 0 fully saturated rings. The number of nitrogens with zero attached hydrogens (tertiary/aromatic N) is 4. The van der Waals surface area contributed by atoms with Gasteiger partial charge in [-0.15, -0.1) is 10.2 Å². The molecule has 0 saturated heterocycles. The van der Waals surface area contributed by atoms with E-state index < -0.39 is 5.91 Å². The lowest BCUT2D eigenvalue weighted by atomic mass is 10.1. The summed E-state index contributed by atoms with van der Waals surface area (Å²) in [6.07, 6.45) is 3.20. The average Bonchev–Trinajstić information content (AvgIpc) is 3.09. The first-order valence-corrected chi connectivity index (χ1v) is 8.26. The smallest absolute Gasteiger partial charge is 0.250 e. The van der Waals surface area contributed by atoms with E-state index in [2.05, 4.69) is 20.5 Å². The van der Waals surface area contributed by atoms with Crippen LogP contribution in [-0.4, -0.2) is 37.3 Å². The predicted octanol–water partition coefficient (Wildman–Crippen LogP) is 1.49. The van der Waals surface area contributed by atoms with E-state index in [4.69, 9.17) is 5.73 Å². The Balaban J connectivity index is 1.67. The van der Waals surface area contributed by atoms with E-state index in [-0.39, 0.29) is 17.2 Å². The van der Waals surface area contributed by atoms with E-state index >= 15 is 0 Å². The molecular weight excluding hydrogens is 340 g/mol. The number of carbonyl (C=O) groups is 2. The van der Waals surface area contributed by atoms with Crippen LogP contribution in [0, 0.1) is 0 Å². The van der Waals surface area contributed by atoms with Crippen molar-refractivity contribution in [3.63, 3.8) is 0 Å². The minimum Gasteiger partial charge on any atom is -0.366 e. The molecule has 3 aromatic rings. The van der Waals surface area contributed by atoms with Crippen molar-refractivity contribution in [2.24, 2.45) is 5.73 Å². The molecule has 9 heteroatoms. The molecule has 25 heavy (non-hydrogen) atoms. The molecule has 126 valence electrons. The van der Waals surface area contributed by atoms with Crippen LogP contribution in [0.1, 0.15) is 10.4 Å². The van der Waals surface area contributed by atoms with Crippen LogP contribution in [0.25, 0.3) is 5.82 Å². The van der Waals surface area contributed by atoms with E-state index in [1.165, 1.54) is 18.1 Å². The molecule has 2 heterocycles. The van der Waals surface area contributed by atoms with E-state index in [0.717, 1.165) is 0 Å². The van der Waals surface area contributed by atoms with Crippen molar-refractivity contribution in [3.8, 4) is 5.82 Å². The number of rotatable bonds is 6. The summed E-state index contributed by atoms with van der Waals surface area (Å²) in [5, 5.41) is 11.1. The molecule has 3 rings (SSSR count). The summed E-state index contributed by atoms with van der Waals surface area (Å²) < 4.78 is 1.69. The maximum absolute atomic E-state index is 12.2. The molecule has 2 amide bonds. The third-order valence-corrected chi connectivity index (χ3v) is 4.15. The number of pyridine rings is 1. The first-order valence-electron chi connectivity index (χ1n) is 7.28. The lowest BCUT2D eigenvalue weighted by molar-refractivity contribution is -0.113. The summed E-state index contributed by atoms with van der Waals surface area (Å²) in [6.45, 7) is 0. The van der Waals surface area contributed by atoms with Gasteiger partial charge in [0.25, 0.3) is 5.91 Å². The highest BCUT2D eigenvalue weighted by Crippen LogP contribution is 2.19. The summed E-state index contributed by atoms with van der Waals surface area (Å²) in [5.74, 6) is -0.124. The summed E-state index contributed by atoms with van der Waals surface area (Å²) in [6, 6.07) is 12.1. The second-order valence-corrected chi connectivity index (χ2v) is 5.86. The van der Waals surface area contributed by atoms with Crippen molar-refractivity contribution < 1.29 is 9.59 Å². The monoisotopic (exact) mass is 354 g/mol. The molecule has 1 aromatic carbocycles. The van der Waals surface area contributed by atoms with E-state index in [9.17, 15) is 9.59 Å². The van der Waals surface area contributed by atoms with Gasteiger partial charge in [0.1, 0.15) is 12.1 Å². The van der Waals surface area contributed by atoms with Crippen molar-refractivity contribution in [2.75, 3.05) is 11.1 Å². The van der Waals surface area contributed by atoms with Gasteiger partial charge in [-0.2, -0.15) is 0 Å². The topological polar surface area (TPSA) is 116 Å². The van der Waals surface area contributed by atoms with E-state index in [1.807, 2.05) is 18.2 Å². The molecule has 0 radical (unpaired) electrons. The molecule has 0 unspecified atom stereocenters. The highest BCUT2D eigenvalue weighted by molar-refractivity contribution is 7.99. The second-order valence-electron chi connectivity index (χ2n) is 4.92. The molecule has 3 N–H and O–H groups in total. The SMILES string of the molecule is NC(=O)c1ccccc1NC(=O)CSc1nncn1-c1ccccn1. The molecule has 2 aromatic heterocycles. The van der Waals surface area contributed by atoms with Crippen molar-refractivity contribution in [1.29, 1.82) is 0 Å². The maximum Gasteiger partial charge on any atom is 0.250 e. The van der Waals surface area contributed by atoms with Gasteiger partial charge in [0, 0.05) is 6.20 Å². The summed E-state index contributed by atoms with van der Waals surface area (Å²) in [5.41, 5.74) is 5.94. The number of amides is 2. The average molecular weight is 354 g/mol. The zero-order valence-electron chi connectivity index (χ0n) is 13.0. The van der Waals surface area contributed by atoms with Crippen LogP contribution in [0.4, 0.5) is 5.69 Å². The summed E-state index contributed by atoms with van der Waals surface area (Å²) in [4.78, 5) is 27.8. The van der Waals surface area contributed by atoms with Gasteiger partial charge < -0.3 is 11.1 Å². The Hall–Kier alpha value is -3.20. The van der Waals surface area contributed by atoms with E-state index in [1.54, 1.807) is 35.0 Å². The fourth-order valence-corrected chi connectivity index (χ4v) is 2.82. The molecule has 0 bridgehead atoms. The summed E-state index contributed by atoms with van der Waals surface area (Å²) in [7, 11) is 0. The predicted molar refractivity (Wildman–Crippen MR) is 93.5 cm³/mol. The molecule has 0 aliphatic carbocycles. The van der Waals surface area contributed by atoms with Crippen molar-refractivity contribution in [2.45, 2.75) is 5.16 Å². The van der Waals surface area contributed by atoms with Crippen LogP contribution in [0.15, 0.2) is 60.1 Å². The van der Waals surface area contributed by atoms with Gasteiger partial charge in [-0.05, 0) is 24.3 Å². The number of benzene rings is 1. The first kappa shape index (κ1) is 16.7. The van der Waals surface area contributed by atoms with Crippen LogP contribution >= 0.6 is 11.8 Å². The quantitative estimate of drug-likeness (QED) is 0.648. The van der Waals surface area contributed by atoms with Gasteiger partial charge in [-0.3, -0.25) is 14.2 Å². The molecular formula is C16H14N6O2S. The molecule has 0 saturated carbocycles. The Labute approximate surface area is 147 Å². The van der Waals surface area contributed by atoms with Gasteiger partial charge in [0.2, 0.25) is 5.91 Å². The van der Waals surface area contributed by atoms with Gasteiger partial charge in [-0.25, -0.2) is 4.98 Å². The minimum absolute atomic E-state index is 0.0959. The zero-order chi connectivity index (χ0) is 17.6. The van der Waals surface area contributed by atoms with Crippen LogP contribution in [0.5, 0.6) is 0 Å². The number of primary amides is 1. The van der Waals surface area contributed by atoms with Gasteiger partial charge >= 0.3 is 0 Å². The Morgan fingerprint density at radius 3 is 2.72 bits per heavy atom. The number of thioether (sulfide) groups is 1. The standard InChI is InChI=1S/C16H14N6O2S/c17-15(24)11-5-1-2-6-12(11)20-14(23)9-25-16-21-19-10-22(16)13-7-3-4-8-18-13/h1-8,10H,9H2,(H2,17,24)(H,20,23). The molecule has 8 nitrogen and oxygen atoms in total. The Bertz CT molecular complexity index is 896. The number of para-hydroxylation sites is 1. The third-order valence-electron chi connectivity index (χ3n) is 3.21. The largest absolute Gasteiger partial charge is 0.366 e. The lowest BCUT2D eigenvalue weighted by Crippen LogP contribution is -2.19. The number of nitrogens with one attached hydrogen (secondary N) is 1. The van der Waals surface area contributed by atoms with Crippen molar-refractivity contribution in [3.05, 3.63) is 60.6 Å². The summed E-state index contributed by atoms with van der Waals surface area (Å²) >= 11 is 1.21. The van der Waals surface area contributed by atoms with Crippen LogP contribution in [-0.2, 0) is 4.79 Å². The van der Waals surface area contributed by atoms with Crippen molar-refractivity contribution >= 4 is 29.3 Å². The number of hydrogen-bond donors (Lipinski definition) is 2. The zero-order valence-corrected chi connectivity index (χ0v) is 13.8. The fraction of sp³-hybridized carbons (Fsp3) is 0.0625. The van der Waals surface area contributed by atoms with E-state index in [0.29, 0.717) is 16.7 Å². The first-order chi connectivity index (χ1) is 12.1.